The van der Waals surface area contributed by atoms with Gasteiger partial charge in [-0.25, -0.2) is 19.4 Å². The van der Waals surface area contributed by atoms with Crippen LogP contribution in [0.25, 0.3) is 22.3 Å². The third-order valence-electron chi connectivity index (χ3n) is 12.6. The molecule has 372 valence electrons. The van der Waals surface area contributed by atoms with Gasteiger partial charge in [0, 0.05) is 67.2 Å². The Balaban J connectivity index is 0.919. The summed E-state index contributed by atoms with van der Waals surface area (Å²) < 4.78 is 34.4. The molecule has 5 aliphatic rings. The number of hydrogen-bond donors (Lipinski definition) is 8. The van der Waals surface area contributed by atoms with E-state index in [1.807, 2.05) is 0 Å². The first-order chi connectivity index (χ1) is 33.9. The number of ether oxygens (including phenoxy) is 6. The van der Waals surface area contributed by atoms with Crippen molar-refractivity contribution in [2.45, 2.75) is 88.8 Å². The van der Waals surface area contributed by atoms with Crippen molar-refractivity contribution in [1.82, 2.24) is 25.1 Å². The number of aliphatic carboxylic acids is 1. The number of imide groups is 1. The second kappa shape index (κ2) is 19.1. The van der Waals surface area contributed by atoms with Gasteiger partial charge in [-0.15, -0.1) is 0 Å². The van der Waals surface area contributed by atoms with Gasteiger partial charge in [-0.2, -0.15) is 0 Å². The number of rotatable bonds is 15. The maximum atomic E-state index is 13.9. The lowest BCUT2D eigenvalue weighted by Gasteiger charge is -2.38. The number of pyridine rings is 2. The van der Waals surface area contributed by atoms with Crippen molar-refractivity contribution in [3.05, 3.63) is 86.7 Å². The average molecular weight is 985 g/mol. The number of aliphatic hydroxyl groups excluding tert-OH is 3. The molecular formula is C46H44N6O19. The quantitative estimate of drug-likeness (QED) is 0.0473. The van der Waals surface area contributed by atoms with Crippen LogP contribution in [0.1, 0.15) is 54.0 Å². The number of fused-ring (bicyclic) bond motifs is 6. The number of anilines is 1. The van der Waals surface area contributed by atoms with E-state index >= 15 is 0 Å². The van der Waals surface area contributed by atoms with E-state index in [1.54, 1.807) is 25.1 Å². The van der Waals surface area contributed by atoms with Crippen molar-refractivity contribution in [1.29, 1.82) is 0 Å². The molecule has 25 heteroatoms. The van der Waals surface area contributed by atoms with Crippen LogP contribution in [0.3, 0.4) is 0 Å². The van der Waals surface area contributed by atoms with Crippen molar-refractivity contribution in [2.24, 2.45) is 0 Å². The van der Waals surface area contributed by atoms with Crippen LogP contribution in [0.4, 0.5) is 10.5 Å². The molecule has 0 bridgehead atoms. The highest BCUT2D eigenvalue weighted by molar-refractivity contribution is 6.13. The van der Waals surface area contributed by atoms with Gasteiger partial charge in [0.1, 0.15) is 37.3 Å². The van der Waals surface area contributed by atoms with Crippen molar-refractivity contribution in [3.63, 3.8) is 0 Å². The Hall–Kier alpha value is -7.97. The number of esters is 1. The number of cyclic esters (lactones) is 1. The van der Waals surface area contributed by atoms with Crippen LogP contribution in [0, 0.1) is 0 Å². The lowest BCUT2D eigenvalue weighted by molar-refractivity contribution is -0.271. The van der Waals surface area contributed by atoms with Crippen molar-refractivity contribution in [2.75, 3.05) is 25.2 Å². The van der Waals surface area contributed by atoms with Crippen LogP contribution in [0.2, 0.25) is 0 Å². The molecule has 4 aromatic rings. The third kappa shape index (κ3) is 9.07. The van der Waals surface area contributed by atoms with Gasteiger partial charge in [-0.05, 0) is 41.8 Å². The Labute approximate surface area is 399 Å². The topological polar surface area (TPSA) is 350 Å². The van der Waals surface area contributed by atoms with Gasteiger partial charge in [-0.3, -0.25) is 28.9 Å². The van der Waals surface area contributed by atoms with E-state index in [0.29, 0.717) is 44.9 Å². The molecule has 7 heterocycles. The fraction of sp³-hybridized carbons (Fsp3) is 0.370. The van der Waals surface area contributed by atoms with Gasteiger partial charge in [0.25, 0.3) is 17.4 Å². The number of benzene rings is 2. The number of nitrogens with one attached hydrogen (secondary N) is 3. The largest absolute Gasteiger partial charge is 0.479 e. The van der Waals surface area contributed by atoms with E-state index in [9.17, 15) is 63.9 Å². The Morgan fingerprint density at radius 3 is 2.37 bits per heavy atom. The second-order valence-electron chi connectivity index (χ2n) is 16.9. The minimum atomic E-state index is -2.06. The van der Waals surface area contributed by atoms with Crippen LogP contribution in [0.15, 0.2) is 53.3 Å². The molecule has 2 aromatic heterocycles. The molecule has 6 atom stereocenters. The highest BCUT2D eigenvalue weighted by Gasteiger charge is 2.49. The monoisotopic (exact) mass is 984 g/mol. The number of carbonyl (C=O) groups excluding carboxylic acids is 6. The first-order valence-electron chi connectivity index (χ1n) is 22.1. The summed E-state index contributed by atoms with van der Waals surface area (Å²) in [6, 6.07) is 8.90. The Morgan fingerprint density at radius 1 is 0.887 bits per heavy atom. The van der Waals surface area contributed by atoms with E-state index in [4.69, 9.17) is 33.4 Å². The van der Waals surface area contributed by atoms with Gasteiger partial charge < -0.3 is 74.5 Å². The van der Waals surface area contributed by atoms with E-state index in [2.05, 4.69) is 16.0 Å². The third-order valence-corrected chi connectivity index (χ3v) is 12.6. The number of amides is 5. The molecule has 5 amide bonds. The van der Waals surface area contributed by atoms with E-state index in [1.165, 1.54) is 22.8 Å². The van der Waals surface area contributed by atoms with E-state index in [-0.39, 0.29) is 87.0 Å². The van der Waals surface area contributed by atoms with Crippen LogP contribution in [-0.4, -0.2) is 132 Å². The molecule has 8 N–H and O–H groups in total. The molecule has 0 aliphatic carbocycles. The highest BCUT2D eigenvalue weighted by atomic mass is 16.7. The number of carbonyl (C=O) groups is 7. The maximum absolute atomic E-state index is 13.9. The summed E-state index contributed by atoms with van der Waals surface area (Å²) >= 11 is 0. The standard InChI is InChI=1S/C46H44N6O19/c1-2-46(65)25-13-28-36-23(16-52(28)41(60)24(25)18-66-44(46)63)22(21-12-30-31(69-19-68-30)14-26(21)50-36)15-48-45(64)67-17-20-3-4-29(70-43-39(59)37(57)38(58)40(71-43)42(61)62)27(11-20)49-33(54)7-9-47-32(53)8-10-51-34(55)5-6-35(51)56/h3-6,11-14,37-40,43,57-59,65H,2,7-10,15-19H2,1H3,(H,47,53)(H,48,64)(H,49,54)(H,61,62)/t37-,38-,39?,40?,43+,46-/m0/s1. The van der Waals surface area contributed by atoms with Crippen LogP contribution >= 0.6 is 0 Å². The summed E-state index contributed by atoms with van der Waals surface area (Å²) in [7, 11) is 0. The Kier molecular flexibility index (Phi) is 12.9. The molecule has 2 aromatic carbocycles. The van der Waals surface area contributed by atoms with E-state index in [0.717, 1.165) is 17.1 Å². The lowest BCUT2D eigenvalue weighted by Crippen LogP contribution is -2.61. The normalized spacial score (nSPS) is 22.6. The van der Waals surface area contributed by atoms with Gasteiger partial charge >= 0.3 is 18.0 Å². The zero-order valence-electron chi connectivity index (χ0n) is 37.4. The number of aromatic nitrogens is 2. The molecule has 5 aliphatic heterocycles. The van der Waals surface area contributed by atoms with Crippen molar-refractivity contribution < 1.29 is 87.5 Å². The molecular weight excluding hydrogens is 941 g/mol. The molecule has 71 heavy (non-hydrogen) atoms. The molecule has 9 rings (SSSR count). The SMILES string of the molecule is CC[C@@]1(O)C(=O)OCc2c1cc1n(c2=O)Cc2c-1nc1cc3c(cc1c2CNC(=O)OCc1ccc(O[C@@H]2OC(C(=O)O)[C@@H](O)[C@H](O)C2O)c(NC(=O)CCNC(=O)CCN2C(=O)C=CC2=O)c1)OCO3. The number of aliphatic hydroxyl groups is 4. The smallest absolute Gasteiger partial charge is 0.407 e. The molecule has 0 saturated carbocycles. The molecule has 1 saturated heterocycles. The fourth-order valence-corrected chi connectivity index (χ4v) is 8.74. The predicted octanol–water partition coefficient (Wildman–Crippen LogP) is -0.734. The van der Waals surface area contributed by atoms with Gasteiger partial charge in [0.2, 0.25) is 24.9 Å². The Morgan fingerprint density at radius 2 is 1.63 bits per heavy atom. The average Bonchev–Trinajstić information content (AvgIpc) is 4.06. The molecule has 25 nitrogen and oxygen atoms in total. The number of nitrogens with zero attached hydrogens (tertiary/aromatic N) is 3. The zero-order valence-corrected chi connectivity index (χ0v) is 37.4. The minimum Gasteiger partial charge on any atom is -0.479 e. The number of hydrogen-bond acceptors (Lipinski definition) is 19. The Bertz CT molecular complexity index is 3010. The first kappa shape index (κ1) is 48.1. The first-order valence-corrected chi connectivity index (χ1v) is 22.1. The number of carboxylic acids is 1. The van der Waals surface area contributed by atoms with Gasteiger partial charge in [0.05, 0.1) is 34.7 Å². The predicted molar refractivity (Wildman–Crippen MR) is 236 cm³/mol. The summed E-state index contributed by atoms with van der Waals surface area (Å²) in [4.78, 5) is 107. The highest BCUT2D eigenvalue weighted by Crippen LogP contribution is 2.43. The van der Waals surface area contributed by atoms with Gasteiger partial charge in [-0.1, -0.05) is 13.0 Å². The number of carboxylic acid groups (broad SMARTS) is 1. The van der Waals surface area contributed by atoms with Crippen LogP contribution in [-0.2, 0) is 74.9 Å². The summed E-state index contributed by atoms with van der Waals surface area (Å²) in [5.74, 6) is -4.31. The molecule has 0 spiro atoms. The summed E-state index contributed by atoms with van der Waals surface area (Å²) in [5.41, 5.74) is 0.0276. The fourth-order valence-electron chi connectivity index (χ4n) is 8.74. The van der Waals surface area contributed by atoms with Crippen molar-refractivity contribution in [3.8, 4) is 28.6 Å². The summed E-state index contributed by atoms with van der Waals surface area (Å²) in [5, 5.41) is 60.4. The maximum Gasteiger partial charge on any atom is 0.407 e. The second-order valence-corrected chi connectivity index (χ2v) is 16.9. The van der Waals surface area contributed by atoms with Crippen molar-refractivity contribution >= 4 is 58.3 Å². The van der Waals surface area contributed by atoms with Gasteiger partial charge in [0.15, 0.2) is 23.2 Å². The summed E-state index contributed by atoms with van der Waals surface area (Å²) in [6.45, 7) is 0.269. The molecule has 1 fully saturated rings. The zero-order chi connectivity index (χ0) is 50.5. The molecule has 0 radical (unpaired) electrons. The minimum absolute atomic E-state index is 0.00836. The van der Waals surface area contributed by atoms with Crippen LogP contribution in [0.5, 0.6) is 17.2 Å². The van der Waals surface area contributed by atoms with E-state index < -0.39 is 90.1 Å². The lowest BCUT2D eigenvalue weighted by atomic mass is 9.86. The number of alkyl carbamates (subject to hydrolysis) is 1. The molecule has 2 unspecified atom stereocenters. The van der Waals surface area contributed by atoms with Crippen LogP contribution < -0.4 is 35.7 Å². The summed E-state index contributed by atoms with van der Waals surface area (Å²) in [6.07, 6.45) is -9.24.